The number of carbonyl (C=O) groups excluding carboxylic acids is 1. The van der Waals surface area contributed by atoms with Gasteiger partial charge in [-0.05, 0) is 239 Å². The number of aromatic amines is 3. The van der Waals surface area contributed by atoms with Gasteiger partial charge in [0.25, 0.3) is 16.7 Å². The first-order chi connectivity index (χ1) is 51.6. The molecule has 9 N–H and O–H groups in total. The fourth-order valence-electron chi connectivity index (χ4n) is 14.8. The Morgan fingerprint density at radius 3 is 1.16 bits per heavy atom. The molecule has 3 aromatic carbocycles. The predicted molar refractivity (Wildman–Crippen MR) is 411 cm³/mol. The minimum Gasteiger partial charge on any atom is -0.389 e. The Morgan fingerprint density at radius 2 is 0.849 bits per heavy atom. The van der Waals surface area contributed by atoms with Gasteiger partial charge in [-0.1, -0.05) is 18.2 Å². The van der Waals surface area contributed by atoms with Crippen LogP contribution in [-0.2, 0) is 9.53 Å². The van der Waals surface area contributed by atoms with Crippen molar-refractivity contribution in [1.82, 2.24) is 74.5 Å². The van der Waals surface area contributed by atoms with Crippen molar-refractivity contribution >= 4 is 72.7 Å². The standard InChI is InChI=1S/C28H32N6O3.C26H27N7O2.C26H25N7O/c1-18-11-22(3-4-24(18)19-6-9-34(10-7-19)15-23(35)16-37-2)32-27-26-20(5-8-31-28(26)36)12-25(33-27)21-13-29-17-30-14-21;1-16-10-20(2-3-21(16)17-5-8-33(9-6-17)14-23(27)34)31-25-24-18(4-7-30-26(24)35)11-22(32-25)19-12-28-15-29-13-19;1-17-12-21(2-3-22(17)18-5-9-33(10-6-18)11-7-27)31-25-24-19(4-8-30-26(24)34)13-23(32-25)20-14-28-16-29-15-20/h3-5,8,11-14,17,19,23,35H,6-7,9-10,15-16H2,1-2H3,(H,31,36)(H,32,33);2-4,7,10-13,15,17H,5-6,8-9,14H2,1H3,(H2,27,34)(H,30,35)(H,31,32);2-4,8,12-16,18H,5-6,9-11H2,1H3,(H,30,34)(H,31,32). The first-order valence-electron chi connectivity index (χ1n) is 35.6. The van der Waals surface area contributed by atoms with Gasteiger partial charge in [0.15, 0.2) is 0 Å². The molecule has 0 radical (unpaired) electrons. The van der Waals surface area contributed by atoms with Gasteiger partial charge < -0.3 is 51.4 Å². The van der Waals surface area contributed by atoms with E-state index in [0.717, 1.165) is 128 Å². The molecular formula is C80H84N20O6. The number of hydrogen-bond acceptors (Lipinski definition) is 22. The number of hydrogen-bond donors (Lipinski definition) is 8. The number of nitrogens with zero attached hydrogens (tertiary/aromatic N) is 13. The molecule has 1 atom stereocenters. The summed E-state index contributed by atoms with van der Waals surface area (Å²) in [6, 6.07) is 32.4. The summed E-state index contributed by atoms with van der Waals surface area (Å²) in [4.78, 5) is 103. The SMILES string of the molecule is COCC(O)CN1CCC(c2ccc(Nc3nc(-c4cncnc4)cc4cc[nH]c(=O)c34)cc2C)CC1.Cc1cc(Nc2nc(-c3cncnc3)cc3cc[nH]c(=O)c23)ccc1C1CCN(CC#N)CC1.Cc1cc(Nc2nc(-c3cncnc3)cc3cc[nH]c(=O)c23)ccc1C1CCN(CC(N)=O)CC1. The molecule has 3 fully saturated rings. The van der Waals surface area contributed by atoms with Gasteiger partial charge in [-0.2, -0.15) is 5.26 Å². The molecule has 106 heavy (non-hydrogen) atoms. The Hall–Kier alpha value is -11.9. The number of aliphatic hydroxyl groups excluding tert-OH is 1. The Bertz CT molecular complexity index is 5310. The lowest BCUT2D eigenvalue weighted by atomic mass is 9.86. The van der Waals surface area contributed by atoms with Crippen LogP contribution in [0.1, 0.15) is 89.7 Å². The molecule has 9 aromatic heterocycles. The highest BCUT2D eigenvalue weighted by molar-refractivity contribution is 5.97. The van der Waals surface area contributed by atoms with Crippen molar-refractivity contribution in [2.75, 3.05) is 88.6 Å². The number of rotatable bonds is 19. The number of aromatic nitrogens is 12. The molecule has 0 spiro atoms. The topological polar surface area (TPSA) is 357 Å². The third-order valence-electron chi connectivity index (χ3n) is 20.0. The average molecular weight is 1420 g/mol. The van der Waals surface area contributed by atoms with Crippen molar-refractivity contribution < 1.29 is 14.6 Å². The maximum absolute atomic E-state index is 12.7. The fraction of sp³-hybridized carbons (Fsp3) is 0.300. The van der Waals surface area contributed by atoms with Crippen molar-refractivity contribution in [2.45, 2.75) is 83.2 Å². The maximum atomic E-state index is 12.7. The van der Waals surface area contributed by atoms with Crippen molar-refractivity contribution in [3.05, 3.63) is 230 Å². The van der Waals surface area contributed by atoms with Gasteiger partial charge >= 0.3 is 0 Å². The van der Waals surface area contributed by atoms with Crippen molar-refractivity contribution in [3.8, 4) is 39.8 Å². The fourth-order valence-corrected chi connectivity index (χ4v) is 14.8. The number of aliphatic hydroxyl groups is 1. The van der Waals surface area contributed by atoms with Crippen LogP contribution in [0.15, 0.2) is 180 Å². The van der Waals surface area contributed by atoms with Crippen LogP contribution in [0.5, 0.6) is 0 Å². The lowest BCUT2D eigenvalue weighted by molar-refractivity contribution is -0.119. The van der Waals surface area contributed by atoms with Crippen LogP contribution >= 0.6 is 0 Å². The summed E-state index contributed by atoms with van der Waals surface area (Å²) in [5.74, 6) is 2.61. The number of ether oxygens (including phenoxy) is 1. The summed E-state index contributed by atoms with van der Waals surface area (Å²) in [7, 11) is 1.61. The zero-order valence-electron chi connectivity index (χ0n) is 59.6. The number of nitrogens with one attached hydrogen (secondary N) is 6. The van der Waals surface area contributed by atoms with Gasteiger partial charge in [-0.25, -0.2) is 44.9 Å². The van der Waals surface area contributed by atoms with E-state index < -0.39 is 6.10 Å². The molecule has 3 aliphatic rings. The van der Waals surface area contributed by atoms with E-state index >= 15 is 0 Å². The number of likely N-dealkylation sites (tertiary alicyclic amines) is 3. The van der Waals surface area contributed by atoms with Crippen LogP contribution in [-0.4, -0.2) is 164 Å². The first-order valence-corrected chi connectivity index (χ1v) is 35.6. The van der Waals surface area contributed by atoms with Gasteiger partial charge in [0.05, 0.1) is 65.1 Å². The molecule has 1 amide bonds. The molecule has 15 rings (SSSR count). The van der Waals surface area contributed by atoms with Gasteiger partial charge in [0, 0.05) is 103 Å². The minimum absolute atomic E-state index is 0.194. The van der Waals surface area contributed by atoms with Crippen LogP contribution in [0.2, 0.25) is 0 Å². The van der Waals surface area contributed by atoms with Gasteiger partial charge in [0.2, 0.25) is 5.91 Å². The third-order valence-corrected chi connectivity index (χ3v) is 20.0. The number of primary amides is 1. The van der Waals surface area contributed by atoms with Gasteiger partial charge in [-0.15, -0.1) is 0 Å². The molecule has 1 unspecified atom stereocenters. The van der Waals surface area contributed by atoms with E-state index in [1.54, 1.807) is 62.9 Å². The van der Waals surface area contributed by atoms with Crippen LogP contribution in [0.3, 0.4) is 0 Å². The molecule has 540 valence electrons. The average Bonchev–Trinajstić information content (AvgIpc) is 0.787. The molecule has 26 heteroatoms. The Kier molecular flexibility index (Phi) is 23.1. The van der Waals surface area contributed by atoms with E-state index in [1.165, 1.54) is 52.4 Å². The Labute approximate surface area is 611 Å². The van der Waals surface area contributed by atoms with Crippen molar-refractivity contribution in [3.63, 3.8) is 0 Å². The summed E-state index contributed by atoms with van der Waals surface area (Å²) < 4.78 is 5.05. The lowest BCUT2D eigenvalue weighted by Gasteiger charge is -2.34. The second kappa shape index (κ2) is 33.7. The van der Waals surface area contributed by atoms with Gasteiger partial charge in [-0.3, -0.25) is 29.0 Å². The second-order valence-electron chi connectivity index (χ2n) is 27.3. The molecule has 12 heterocycles. The summed E-state index contributed by atoms with van der Waals surface area (Å²) >= 11 is 0. The normalized spacial score (nSPS) is 15.1. The van der Waals surface area contributed by atoms with Crippen LogP contribution < -0.4 is 38.4 Å². The van der Waals surface area contributed by atoms with Crippen molar-refractivity contribution in [1.29, 1.82) is 5.26 Å². The zero-order chi connectivity index (χ0) is 73.6. The molecule has 12 aromatic rings. The summed E-state index contributed by atoms with van der Waals surface area (Å²) in [6.45, 7) is 13.7. The maximum Gasteiger partial charge on any atom is 0.259 e. The highest BCUT2D eigenvalue weighted by Gasteiger charge is 2.27. The number of H-pyrrole nitrogens is 3. The first kappa shape index (κ1) is 72.5. The molecule has 3 saturated heterocycles. The molecule has 3 aliphatic heterocycles. The van der Waals surface area contributed by atoms with Crippen LogP contribution in [0.4, 0.5) is 34.5 Å². The predicted octanol–water partition coefficient (Wildman–Crippen LogP) is 10.9. The number of benzene rings is 3. The number of aryl methyl sites for hydroxylation is 3. The third kappa shape index (κ3) is 17.5. The summed E-state index contributed by atoms with van der Waals surface area (Å²) in [5, 5.41) is 33.0. The number of anilines is 6. The monoisotopic (exact) mass is 1420 g/mol. The smallest absolute Gasteiger partial charge is 0.259 e. The lowest BCUT2D eigenvalue weighted by Crippen LogP contribution is -2.39. The molecule has 0 saturated carbocycles. The van der Waals surface area contributed by atoms with E-state index in [2.05, 4.69) is 145 Å². The van der Waals surface area contributed by atoms with E-state index in [0.29, 0.717) is 94.7 Å². The number of nitriles is 1. The Morgan fingerprint density at radius 1 is 0.519 bits per heavy atom. The highest BCUT2D eigenvalue weighted by atomic mass is 16.5. The molecule has 0 bridgehead atoms. The quantitative estimate of drug-likeness (QED) is 0.0349. The number of amides is 1. The summed E-state index contributed by atoms with van der Waals surface area (Å²) in [6.07, 6.45) is 25.3. The van der Waals surface area contributed by atoms with E-state index in [4.69, 9.17) is 30.7 Å². The van der Waals surface area contributed by atoms with Crippen LogP contribution in [0, 0.1) is 32.1 Å². The van der Waals surface area contributed by atoms with E-state index in [-0.39, 0.29) is 22.6 Å². The number of β-amino-alcohol motifs (C(OH)–C–C–N with tert-alkyl or cyclic N) is 1. The molecular weight excluding hydrogens is 1340 g/mol. The van der Waals surface area contributed by atoms with Crippen molar-refractivity contribution in [2.24, 2.45) is 5.73 Å². The zero-order valence-corrected chi connectivity index (χ0v) is 59.6. The number of carbonyl (C=O) groups is 1. The number of piperidine rings is 3. The number of fused-ring (bicyclic) bond motifs is 3. The number of methoxy groups -OCH3 is 1. The largest absolute Gasteiger partial charge is 0.389 e. The highest BCUT2D eigenvalue weighted by Crippen LogP contribution is 2.38. The van der Waals surface area contributed by atoms with E-state index in [1.807, 2.05) is 48.5 Å². The molecule has 0 aliphatic carbocycles. The summed E-state index contributed by atoms with van der Waals surface area (Å²) in [5.41, 5.74) is 19.3. The van der Waals surface area contributed by atoms with Gasteiger partial charge in [0.1, 0.15) is 36.4 Å². The second-order valence-corrected chi connectivity index (χ2v) is 27.3. The Balaban J connectivity index is 0.000000141. The van der Waals surface area contributed by atoms with Crippen LogP contribution in [0.25, 0.3) is 66.1 Å². The van der Waals surface area contributed by atoms with E-state index in [9.17, 15) is 24.3 Å². The number of pyridine rings is 6. The molecule has 26 nitrogen and oxygen atoms in total. The number of nitrogens with two attached hydrogens (primary N) is 1. The minimum atomic E-state index is -0.446.